The maximum Gasteiger partial charge on any atom is 0.115 e. The molecule has 180 valence electrons. The van der Waals surface area contributed by atoms with Crippen molar-refractivity contribution in [3.8, 4) is 0 Å². The molecule has 0 bridgehead atoms. The van der Waals surface area contributed by atoms with Gasteiger partial charge in [0.15, 0.2) is 0 Å². The van der Waals surface area contributed by atoms with Gasteiger partial charge in [-0.2, -0.15) is 0 Å². The second-order valence-corrected chi connectivity index (χ2v) is 8.59. The molecule has 1 saturated heterocycles. The van der Waals surface area contributed by atoms with Gasteiger partial charge in [0.2, 0.25) is 0 Å². The van der Waals surface area contributed by atoms with Gasteiger partial charge < -0.3 is 24.1 Å². The fourth-order valence-electron chi connectivity index (χ4n) is 4.36. The van der Waals surface area contributed by atoms with Crippen molar-refractivity contribution in [3.63, 3.8) is 0 Å². The van der Waals surface area contributed by atoms with Crippen molar-refractivity contribution in [2.75, 3.05) is 6.61 Å². The molecule has 0 saturated carbocycles. The molecule has 3 aromatic rings. The van der Waals surface area contributed by atoms with E-state index in [4.69, 9.17) is 18.9 Å². The first kappa shape index (κ1) is 24.6. The standard InChI is InChI=1S/C29H34O5/c1-2-25-27(31-19-22-12-6-3-7-13-22)29(33-21-24-16-10-5-11-17-24)28(26(18-30)34-25)32-20-23-14-8-4-9-15-23/h3-17,25-30H,2,18-21H2,1H3. The summed E-state index contributed by atoms with van der Waals surface area (Å²) in [6, 6.07) is 30.2. The van der Waals surface area contributed by atoms with E-state index >= 15 is 0 Å². The summed E-state index contributed by atoms with van der Waals surface area (Å²) < 4.78 is 25.6. The number of aliphatic hydroxyl groups excluding tert-OH is 1. The third-order valence-corrected chi connectivity index (χ3v) is 6.17. The zero-order chi connectivity index (χ0) is 23.6. The Hall–Kier alpha value is -2.54. The van der Waals surface area contributed by atoms with Gasteiger partial charge in [0.05, 0.1) is 32.5 Å². The molecule has 5 atom stereocenters. The van der Waals surface area contributed by atoms with Gasteiger partial charge in [-0.1, -0.05) is 97.9 Å². The first-order valence-electron chi connectivity index (χ1n) is 12.0. The van der Waals surface area contributed by atoms with Gasteiger partial charge in [0.1, 0.15) is 24.4 Å². The van der Waals surface area contributed by atoms with Crippen molar-refractivity contribution in [2.24, 2.45) is 0 Å². The number of hydrogen-bond acceptors (Lipinski definition) is 5. The van der Waals surface area contributed by atoms with Crippen molar-refractivity contribution in [1.82, 2.24) is 0 Å². The smallest absolute Gasteiger partial charge is 0.115 e. The van der Waals surface area contributed by atoms with Gasteiger partial charge >= 0.3 is 0 Å². The zero-order valence-electron chi connectivity index (χ0n) is 19.7. The van der Waals surface area contributed by atoms with Gasteiger partial charge in [-0.05, 0) is 23.1 Å². The van der Waals surface area contributed by atoms with E-state index < -0.39 is 18.3 Å². The largest absolute Gasteiger partial charge is 0.394 e. The third kappa shape index (κ3) is 6.53. The van der Waals surface area contributed by atoms with Gasteiger partial charge in [0, 0.05) is 0 Å². The Morgan fingerprint density at radius 1 is 0.588 bits per heavy atom. The van der Waals surface area contributed by atoms with Crippen LogP contribution in [0.5, 0.6) is 0 Å². The van der Waals surface area contributed by atoms with Crippen LogP contribution in [0.25, 0.3) is 0 Å². The van der Waals surface area contributed by atoms with E-state index in [-0.39, 0.29) is 18.8 Å². The van der Waals surface area contributed by atoms with Crippen LogP contribution in [-0.4, -0.2) is 42.2 Å². The number of ether oxygens (including phenoxy) is 4. The Balaban J connectivity index is 1.56. The number of rotatable bonds is 11. The minimum Gasteiger partial charge on any atom is -0.394 e. The topological polar surface area (TPSA) is 57.2 Å². The Labute approximate surface area is 202 Å². The summed E-state index contributed by atoms with van der Waals surface area (Å²) in [5.41, 5.74) is 3.22. The molecule has 5 unspecified atom stereocenters. The lowest BCUT2D eigenvalue weighted by Crippen LogP contribution is -2.60. The molecular weight excluding hydrogens is 428 g/mol. The third-order valence-electron chi connectivity index (χ3n) is 6.17. The highest BCUT2D eigenvalue weighted by Crippen LogP contribution is 2.31. The quantitative estimate of drug-likeness (QED) is 0.439. The fraction of sp³-hybridized carbons (Fsp3) is 0.379. The Bertz CT molecular complexity index is 893. The average Bonchev–Trinajstić information content (AvgIpc) is 2.91. The summed E-state index contributed by atoms with van der Waals surface area (Å²) in [5, 5.41) is 10.2. The van der Waals surface area contributed by atoms with Crippen LogP contribution in [0.4, 0.5) is 0 Å². The molecule has 0 aliphatic carbocycles. The van der Waals surface area contributed by atoms with Crippen molar-refractivity contribution in [2.45, 2.75) is 63.7 Å². The summed E-state index contributed by atoms with van der Waals surface area (Å²) in [6.07, 6.45) is -1.17. The van der Waals surface area contributed by atoms with Gasteiger partial charge in [-0.25, -0.2) is 0 Å². The molecule has 0 spiro atoms. The number of hydrogen-bond donors (Lipinski definition) is 1. The minimum absolute atomic E-state index is 0.146. The predicted octanol–water partition coefficient (Wildman–Crippen LogP) is 4.91. The molecule has 1 aliphatic heterocycles. The van der Waals surface area contributed by atoms with Gasteiger partial charge in [-0.3, -0.25) is 0 Å². The molecule has 3 aromatic carbocycles. The van der Waals surface area contributed by atoms with Crippen molar-refractivity contribution < 1.29 is 24.1 Å². The summed E-state index contributed by atoms with van der Waals surface area (Å²) in [5.74, 6) is 0. The number of benzene rings is 3. The Morgan fingerprint density at radius 2 is 0.971 bits per heavy atom. The minimum atomic E-state index is -0.494. The van der Waals surface area contributed by atoms with E-state index in [9.17, 15) is 5.11 Å². The second kappa shape index (κ2) is 12.8. The molecule has 5 heteroatoms. The second-order valence-electron chi connectivity index (χ2n) is 8.59. The summed E-state index contributed by atoms with van der Waals surface area (Å²) in [4.78, 5) is 0. The van der Waals surface area contributed by atoms with Crippen LogP contribution in [-0.2, 0) is 38.8 Å². The molecule has 1 heterocycles. The SMILES string of the molecule is CCC1OC(CO)C(OCc2ccccc2)C(OCc2ccccc2)C1OCc1ccccc1. The molecule has 5 nitrogen and oxygen atoms in total. The van der Waals surface area contributed by atoms with E-state index in [1.807, 2.05) is 91.0 Å². The van der Waals surface area contributed by atoms with Crippen LogP contribution in [0.2, 0.25) is 0 Å². The molecule has 1 N–H and O–H groups in total. The normalized spacial score (nSPS) is 24.7. The Morgan fingerprint density at radius 3 is 1.35 bits per heavy atom. The summed E-state index contributed by atoms with van der Waals surface area (Å²) in [6.45, 7) is 3.20. The molecule has 0 radical (unpaired) electrons. The van der Waals surface area contributed by atoms with E-state index in [0.717, 1.165) is 23.1 Å². The maximum absolute atomic E-state index is 10.2. The van der Waals surface area contributed by atoms with Crippen LogP contribution in [0.15, 0.2) is 91.0 Å². The van der Waals surface area contributed by atoms with E-state index in [2.05, 4.69) is 6.92 Å². The van der Waals surface area contributed by atoms with Crippen LogP contribution >= 0.6 is 0 Å². The summed E-state index contributed by atoms with van der Waals surface area (Å²) >= 11 is 0. The lowest BCUT2D eigenvalue weighted by molar-refractivity contribution is -0.270. The van der Waals surface area contributed by atoms with Crippen molar-refractivity contribution in [1.29, 1.82) is 0 Å². The fourth-order valence-corrected chi connectivity index (χ4v) is 4.36. The number of aliphatic hydroxyl groups is 1. The van der Waals surface area contributed by atoms with Crippen molar-refractivity contribution >= 4 is 0 Å². The highest BCUT2D eigenvalue weighted by atomic mass is 16.6. The maximum atomic E-state index is 10.2. The van der Waals surface area contributed by atoms with Crippen LogP contribution in [0.3, 0.4) is 0 Å². The molecule has 1 aliphatic rings. The monoisotopic (exact) mass is 462 g/mol. The van der Waals surface area contributed by atoms with E-state index in [0.29, 0.717) is 19.8 Å². The van der Waals surface area contributed by atoms with E-state index in [1.165, 1.54) is 0 Å². The highest BCUT2D eigenvalue weighted by molar-refractivity contribution is 5.15. The lowest BCUT2D eigenvalue weighted by atomic mass is 9.93. The van der Waals surface area contributed by atoms with Crippen LogP contribution < -0.4 is 0 Å². The lowest BCUT2D eigenvalue weighted by Gasteiger charge is -2.45. The molecule has 0 amide bonds. The molecular formula is C29H34O5. The van der Waals surface area contributed by atoms with Crippen LogP contribution in [0.1, 0.15) is 30.0 Å². The predicted molar refractivity (Wildman–Crippen MR) is 131 cm³/mol. The molecule has 34 heavy (non-hydrogen) atoms. The van der Waals surface area contributed by atoms with Crippen LogP contribution in [0, 0.1) is 0 Å². The summed E-state index contributed by atoms with van der Waals surface area (Å²) in [7, 11) is 0. The Kier molecular flexibility index (Phi) is 9.25. The van der Waals surface area contributed by atoms with Gasteiger partial charge in [0.25, 0.3) is 0 Å². The van der Waals surface area contributed by atoms with Crippen molar-refractivity contribution in [3.05, 3.63) is 108 Å². The first-order valence-corrected chi connectivity index (χ1v) is 12.0. The molecule has 4 rings (SSSR count). The van der Waals surface area contributed by atoms with Gasteiger partial charge in [-0.15, -0.1) is 0 Å². The molecule has 0 aromatic heterocycles. The molecule has 1 fully saturated rings. The highest BCUT2D eigenvalue weighted by Gasteiger charge is 2.47. The first-order chi connectivity index (χ1) is 16.8. The van der Waals surface area contributed by atoms with E-state index in [1.54, 1.807) is 0 Å². The average molecular weight is 463 g/mol. The zero-order valence-corrected chi connectivity index (χ0v) is 19.7.